The van der Waals surface area contributed by atoms with Crippen LogP contribution in [0.4, 0.5) is 0 Å². The molecule has 0 radical (unpaired) electrons. The Morgan fingerprint density at radius 2 is 1.89 bits per heavy atom. The van der Waals surface area contributed by atoms with Crippen molar-refractivity contribution in [3.8, 4) is 5.75 Å². The molecule has 0 amide bonds. The third-order valence-electron chi connectivity index (χ3n) is 2.63. The number of rotatable bonds is 7. The Morgan fingerprint density at radius 1 is 1.17 bits per heavy atom. The molecule has 3 heteroatoms. The lowest BCUT2D eigenvalue weighted by Gasteiger charge is -2.14. The molecule has 0 heterocycles. The van der Waals surface area contributed by atoms with Gasteiger partial charge in [0.25, 0.3) is 0 Å². The molecule has 1 rings (SSSR count). The average molecular weight is 251 g/mol. The Balaban J connectivity index is 2.74. The van der Waals surface area contributed by atoms with Gasteiger partial charge in [0, 0.05) is 18.2 Å². The van der Waals surface area contributed by atoms with Crippen LogP contribution in [0.15, 0.2) is 18.2 Å². The molecule has 0 aromatic heterocycles. The van der Waals surface area contributed by atoms with E-state index in [2.05, 4.69) is 31.3 Å². The Bertz CT molecular complexity index is 362. The lowest BCUT2D eigenvalue weighted by atomic mass is 10.1. The third kappa shape index (κ3) is 5.07. The van der Waals surface area contributed by atoms with Gasteiger partial charge in [-0.15, -0.1) is 0 Å². The SMILES string of the molecule is COc1ccc(CNC(C)C)cc1COC(C)C. The molecule has 0 spiro atoms. The van der Waals surface area contributed by atoms with Crippen molar-refractivity contribution in [3.63, 3.8) is 0 Å². The van der Waals surface area contributed by atoms with Crippen LogP contribution in [0.25, 0.3) is 0 Å². The van der Waals surface area contributed by atoms with Gasteiger partial charge in [0.15, 0.2) is 0 Å². The second kappa shape index (κ2) is 7.39. The molecule has 18 heavy (non-hydrogen) atoms. The van der Waals surface area contributed by atoms with Crippen LogP contribution in [0.1, 0.15) is 38.8 Å². The first-order valence-electron chi connectivity index (χ1n) is 6.53. The van der Waals surface area contributed by atoms with Gasteiger partial charge in [0.1, 0.15) is 5.75 Å². The van der Waals surface area contributed by atoms with Gasteiger partial charge in [-0.25, -0.2) is 0 Å². The largest absolute Gasteiger partial charge is 0.496 e. The minimum absolute atomic E-state index is 0.229. The molecule has 0 saturated carbocycles. The zero-order valence-corrected chi connectivity index (χ0v) is 12.1. The van der Waals surface area contributed by atoms with E-state index in [1.54, 1.807) is 7.11 Å². The molecule has 0 unspecified atom stereocenters. The summed E-state index contributed by atoms with van der Waals surface area (Å²) in [7, 11) is 1.69. The van der Waals surface area contributed by atoms with Crippen LogP contribution < -0.4 is 10.1 Å². The van der Waals surface area contributed by atoms with Gasteiger partial charge < -0.3 is 14.8 Å². The van der Waals surface area contributed by atoms with Crippen molar-refractivity contribution >= 4 is 0 Å². The zero-order chi connectivity index (χ0) is 13.5. The van der Waals surface area contributed by atoms with Crippen LogP contribution in [0, 0.1) is 0 Å². The molecule has 0 saturated heterocycles. The molecule has 1 aromatic rings. The second-order valence-electron chi connectivity index (χ2n) is 5.04. The van der Waals surface area contributed by atoms with Gasteiger partial charge in [-0.05, 0) is 31.5 Å². The van der Waals surface area contributed by atoms with Gasteiger partial charge in [0.2, 0.25) is 0 Å². The maximum absolute atomic E-state index is 5.65. The van der Waals surface area contributed by atoms with E-state index in [4.69, 9.17) is 9.47 Å². The Hall–Kier alpha value is -1.06. The highest BCUT2D eigenvalue weighted by molar-refractivity contribution is 5.36. The average Bonchev–Trinajstić information content (AvgIpc) is 2.33. The monoisotopic (exact) mass is 251 g/mol. The molecule has 0 aliphatic heterocycles. The second-order valence-corrected chi connectivity index (χ2v) is 5.04. The van der Waals surface area contributed by atoms with E-state index in [0.717, 1.165) is 17.9 Å². The number of hydrogen-bond donors (Lipinski definition) is 1. The van der Waals surface area contributed by atoms with Crippen molar-refractivity contribution in [2.75, 3.05) is 7.11 Å². The number of ether oxygens (including phenoxy) is 2. The molecule has 0 aliphatic carbocycles. The molecule has 3 nitrogen and oxygen atoms in total. The van der Waals surface area contributed by atoms with Crippen LogP contribution in [0.2, 0.25) is 0 Å². The van der Waals surface area contributed by atoms with Gasteiger partial charge in [-0.1, -0.05) is 19.9 Å². The van der Waals surface area contributed by atoms with Gasteiger partial charge in [0.05, 0.1) is 19.8 Å². The summed E-state index contributed by atoms with van der Waals surface area (Å²) in [4.78, 5) is 0. The molecular weight excluding hydrogens is 226 g/mol. The fourth-order valence-electron chi connectivity index (χ4n) is 1.63. The van der Waals surface area contributed by atoms with E-state index >= 15 is 0 Å². The summed E-state index contributed by atoms with van der Waals surface area (Å²) in [5, 5.41) is 3.41. The molecule has 1 aromatic carbocycles. The highest BCUT2D eigenvalue weighted by Gasteiger charge is 2.06. The first-order valence-corrected chi connectivity index (χ1v) is 6.53. The molecule has 0 atom stereocenters. The lowest BCUT2D eigenvalue weighted by molar-refractivity contribution is 0.0644. The van der Waals surface area contributed by atoms with Crippen molar-refractivity contribution in [3.05, 3.63) is 29.3 Å². The molecule has 1 N–H and O–H groups in total. The lowest BCUT2D eigenvalue weighted by Crippen LogP contribution is -2.21. The van der Waals surface area contributed by atoms with E-state index < -0.39 is 0 Å². The van der Waals surface area contributed by atoms with Crippen molar-refractivity contribution in [2.24, 2.45) is 0 Å². The van der Waals surface area contributed by atoms with Crippen molar-refractivity contribution in [1.82, 2.24) is 5.32 Å². The molecule has 0 aliphatic rings. The molecule has 0 bridgehead atoms. The van der Waals surface area contributed by atoms with Gasteiger partial charge >= 0.3 is 0 Å². The summed E-state index contributed by atoms with van der Waals surface area (Å²) < 4.78 is 11.0. The highest BCUT2D eigenvalue weighted by Crippen LogP contribution is 2.21. The van der Waals surface area contributed by atoms with E-state index in [-0.39, 0.29) is 6.10 Å². The maximum atomic E-state index is 5.65. The number of benzene rings is 1. The quantitative estimate of drug-likeness (QED) is 0.807. The van der Waals surface area contributed by atoms with Crippen LogP contribution in [0.5, 0.6) is 5.75 Å². The van der Waals surface area contributed by atoms with E-state index in [0.29, 0.717) is 12.6 Å². The van der Waals surface area contributed by atoms with Crippen molar-refractivity contribution < 1.29 is 9.47 Å². The smallest absolute Gasteiger partial charge is 0.124 e. The van der Waals surface area contributed by atoms with Crippen LogP contribution in [0.3, 0.4) is 0 Å². The summed E-state index contributed by atoms with van der Waals surface area (Å²) in [5.74, 6) is 0.893. The molecule has 0 fully saturated rings. The fourth-order valence-corrected chi connectivity index (χ4v) is 1.63. The minimum atomic E-state index is 0.229. The van der Waals surface area contributed by atoms with E-state index in [1.807, 2.05) is 19.9 Å². The van der Waals surface area contributed by atoms with Crippen molar-refractivity contribution in [1.29, 1.82) is 0 Å². The fraction of sp³-hybridized carbons (Fsp3) is 0.600. The molecule has 102 valence electrons. The first-order chi connectivity index (χ1) is 8.52. The normalized spacial score (nSPS) is 11.3. The Morgan fingerprint density at radius 3 is 2.44 bits per heavy atom. The third-order valence-corrected chi connectivity index (χ3v) is 2.63. The number of methoxy groups -OCH3 is 1. The standard InChI is InChI=1S/C15H25NO2/c1-11(2)16-9-13-6-7-15(17-5)14(8-13)10-18-12(3)4/h6-8,11-12,16H,9-10H2,1-5H3. The van der Waals surface area contributed by atoms with Crippen LogP contribution in [-0.4, -0.2) is 19.3 Å². The maximum Gasteiger partial charge on any atom is 0.124 e. The number of nitrogens with one attached hydrogen (secondary N) is 1. The van der Waals surface area contributed by atoms with E-state index in [9.17, 15) is 0 Å². The Labute approximate surface area is 110 Å². The summed E-state index contributed by atoms with van der Waals surface area (Å²) in [5.41, 5.74) is 2.36. The highest BCUT2D eigenvalue weighted by atomic mass is 16.5. The predicted molar refractivity (Wildman–Crippen MR) is 74.9 cm³/mol. The van der Waals surface area contributed by atoms with Gasteiger partial charge in [-0.2, -0.15) is 0 Å². The number of hydrogen-bond acceptors (Lipinski definition) is 3. The summed E-state index contributed by atoms with van der Waals surface area (Å²) in [6.07, 6.45) is 0.229. The predicted octanol–water partition coefficient (Wildman–Crippen LogP) is 3.12. The topological polar surface area (TPSA) is 30.5 Å². The van der Waals surface area contributed by atoms with E-state index in [1.165, 1.54) is 5.56 Å². The molecular formula is C15H25NO2. The first kappa shape index (κ1) is 15.0. The summed E-state index contributed by atoms with van der Waals surface area (Å²) in [6.45, 7) is 9.83. The van der Waals surface area contributed by atoms with Gasteiger partial charge in [-0.3, -0.25) is 0 Å². The summed E-state index contributed by atoms with van der Waals surface area (Å²) in [6, 6.07) is 6.74. The zero-order valence-electron chi connectivity index (χ0n) is 12.1. The minimum Gasteiger partial charge on any atom is -0.496 e. The van der Waals surface area contributed by atoms with Crippen LogP contribution in [-0.2, 0) is 17.9 Å². The Kier molecular flexibility index (Phi) is 6.16. The van der Waals surface area contributed by atoms with Crippen molar-refractivity contribution in [2.45, 2.75) is 53.0 Å². The van der Waals surface area contributed by atoms with Crippen LogP contribution >= 0.6 is 0 Å². The summed E-state index contributed by atoms with van der Waals surface area (Å²) >= 11 is 0.